The number of alkyl carbamates (subject to hydrolysis) is 1. The zero-order valence-corrected chi connectivity index (χ0v) is 25.2. The summed E-state index contributed by atoms with van der Waals surface area (Å²) in [6.07, 6.45) is 0.659. The molecule has 0 saturated heterocycles. The zero-order valence-electron chi connectivity index (χ0n) is 25.2. The number of ether oxygens (including phenoxy) is 1. The Morgan fingerprint density at radius 3 is 1.93 bits per heavy atom. The number of fused-ring (bicyclic) bond motifs is 2. The van der Waals surface area contributed by atoms with E-state index in [1.54, 1.807) is 20.8 Å². The molecule has 0 radical (unpaired) electrons. The van der Waals surface area contributed by atoms with Crippen molar-refractivity contribution in [3.63, 3.8) is 0 Å². The van der Waals surface area contributed by atoms with Gasteiger partial charge in [0.05, 0.1) is 12.2 Å². The molecule has 9 heteroatoms. The number of aromatic carboxylic acids is 1. The Morgan fingerprint density at radius 2 is 1.43 bits per heavy atom. The van der Waals surface area contributed by atoms with Crippen LogP contribution in [0, 0.1) is 0 Å². The molecule has 1 aromatic heterocycles. The molecule has 1 aliphatic heterocycles. The normalized spacial score (nSPS) is 14.9. The van der Waals surface area contributed by atoms with Crippen LogP contribution in [0.25, 0.3) is 5.57 Å². The monoisotopic (exact) mass is 591 g/mol. The average molecular weight is 592 g/mol. The van der Waals surface area contributed by atoms with Gasteiger partial charge in [0.2, 0.25) is 0 Å². The molecule has 0 atom stereocenters. The number of hydrogen-bond acceptors (Lipinski definition) is 6. The van der Waals surface area contributed by atoms with Gasteiger partial charge in [-0.2, -0.15) is 10.1 Å². The minimum Gasteiger partial charge on any atom is -0.477 e. The summed E-state index contributed by atoms with van der Waals surface area (Å²) in [5.74, 6) is -1.03. The van der Waals surface area contributed by atoms with Gasteiger partial charge >= 0.3 is 12.1 Å². The van der Waals surface area contributed by atoms with Crippen molar-refractivity contribution in [2.45, 2.75) is 51.3 Å². The average Bonchev–Trinajstić information content (AvgIpc) is 3.60. The molecule has 2 heterocycles. The van der Waals surface area contributed by atoms with Crippen LogP contribution in [0.5, 0.6) is 0 Å². The summed E-state index contributed by atoms with van der Waals surface area (Å²) in [5, 5.41) is 20.0. The van der Waals surface area contributed by atoms with E-state index in [-0.39, 0.29) is 18.8 Å². The molecule has 3 aromatic carbocycles. The summed E-state index contributed by atoms with van der Waals surface area (Å²) in [5.41, 5.74) is 9.37. The fraction of sp³-hybridized carbons (Fsp3) is 0.286. The van der Waals surface area contributed by atoms with E-state index in [1.807, 2.05) is 18.2 Å². The van der Waals surface area contributed by atoms with Crippen molar-refractivity contribution < 1.29 is 19.4 Å². The summed E-state index contributed by atoms with van der Waals surface area (Å²) in [6, 6.07) is 31.3. The minimum atomic E-state index is -1.03. The molecule has 0 saturated carbocycles. The van der Waals surface area contributed by atoms with Gasteiger partial charge in [0.15, 0.2) is 0 Å². The number of aromatic nitrogens is 2. The fourth-order valence-corrected chi connectivity index (χ4v) is 6.36. The number of carbonyl (C=O) groups excluding carboxylic acids is 1. The fourth-order valence-electron chi connectivity index (χ4n) is 6.36. The predicted molar refractivity (Wildman–Crippen MR) is 168 cm³/mol. The summed E-state index contributed by atoms with van der Waals surface area (Å²) >= 11 is 0. The number of allylic oxidation sites excluding steroid dienone is 1. The van der Waals surface area contributed by atoms with Crippen LogP contribution in [-0.4, -0.2) is 50.6 Å². The highest BCUT2D eigenvalue weighted by Gasteiger charge is 2.47. The molecular weight excluding hydrogens is 554 g/mol. The van der Waals surface area contributed by atoms with Gasteiger partial charge < -0.3 is 20.6 Å². The van der Waals surface area contributed by atoms with E-state index >= 15 is 0 Å². The third-order valence-corrected chi connectivity index (χ3v) is 8.09. The Labute approximate surface area is 257 Å². The van der Waals surface area contributed by atoms with Crippen LogP contribution >= 0.6 is 0 Å². The smallest absolute Gasteiger partial charge is 0.407 e. The van der Waals surface area contributed by atoms with Crippen LogP contribution in [-0.2, 0) is 23.2 Å². The van der Waals surface area contributed by atoms with Crippen LogP contribution < -0.4 is 10.7 Å². The first-order valence-electron chi connectivity index (χ1n) is 14.9. The van der Waals surface area contributed by atoms with E-state index in [1.165, 1.54) is 4.68 Å². The van der Waals surface area contributed by atoms with Crippen LogP contribution in [0.3, 0.4) is 0 Å². The topological polar surface area (TPSA) is 109 Å². The number of benzene rings is 3. The molecule has 0 fully saturated rings. The number of amides is 1. The van der Waals surface area contributed by atoms with Crippen molar-refractivity contribution in [3.05, 3.63) is 130 Å². The van der Waals surface area contributed by atoms with Gasteiger partial charge in [0.1, 0.15) is 16.8 Å². The molecule has 9 nitrogen and oxygen atoms in total. The Kier molecular flexibility index (Phi) is 7.73. The van der Waals surface area contributed by atoms with Crippen molar-refractivity contribution in [1.82, 2.24) is 25.5 Å². The van der Waals surface area contributed by atoms with E-state index < -0.39 is 23.2 Å². The van der Waals surface area contributed by atoms with E-state index in [4.69, 9.17) is 9.84 Å². The number of nitrogens with one attached hydrogen (secondary N) is 2. The van der Waals surface area contributed by atoms with E-state index in [9.17, 15) is 14.7 Å². The van der Waals surface area contributed by atoms with E-state index in [0.717, 1.165) is 33.5 Å². The third-order valence-electron chi connectivity index (χ3n) is 8.09. The number of nitrogens with zero attached hydrogens (tertiary/aromatic N) is 3. The maximum atomic E-state index is 12.5. The third kappa shape index (κ3) is 5.35. The highest BCUT2D eigenvalue weighted by atomic mass is 16.6. The largest absolute Gasteiger partial charge is 0.477 e. The molecule has 0 spiro atoms. The first-order chi connectivity index (χ1) is 21.2. The lowest BCUT2D eigenvalue weighted by atomic mass is 9.76. The molecule has 2 aliphatic rings. The highest BCUT2D eigenvalue weighted by molar-refractivity contribution is 5.90. The van der Waals surface area contributed by atoms with Gasteiger partial charge in [-0.25, -0.2) is 9.59 Å². The number of rotatable bonds is 8. The Balaban J connectivity index is 1.37. The lowest BCUT2D eigenvalue weighted by Gasteiger charge is -2.43. The van der Waals surface area contributed by atoms with Crippen molar-refractivity contribution in [3.8, 4) is 0 Å². The van der Waals surface area contributed by atoms with Crippen LogP contribution in [0.4, 0.5) is 4.79 Å². The summed E-state index contributed by atoms with van der Waals surface area (Å²) in [7, 11) is 0. The summed E-state index contributed by atoms with van der Waals surface area (Å²) < 4.78 is 6.83. The van der Waals surface area contributed by atoms with Crippen molar-refractivity contribution >= 4 is 17.6 Å². The molecule has 226 valence electrons. The van der Waals surface area contributed by atoms with Gasteiger partial charge in [-0.05, 0) is 50.3 Å². The Hall–Kier alpha value is -4.89. The quantitative estimate of drug-likeness (QED) is 0.230. The number of carboxylic acid groups (broad SMARTS) is 1. The predicted octanol–water partition coefficient (Wildman–Crippen LogP) is 5.58. The second kappa shape index (κ2) is 11.7. The first-order valence-corrected chi connectivity index (χ1v) is 14.9. The maximum Gasteiger partial charge on any atom is 0.407 e. The van der Waals surface area contributed by atoms with Gasteiger partial charge in [-0.1, -0.05) is 91.0 Å². The lowest BCUT2D eigenvalue weighted by molar-refractivity contribution is 0.0525. The number of carboxylic acids is 1. The molecule has 1 aliphatic carbocycles. The summed E-state index contributed by atoms with van der Waals surface area (Å²) in [6.45, 7) is 6.28. The van der Waals surface area contributed by atoms with Crippen LogP contribution in [0.2, 0.25) is 0 Å². The maximum absolute atomic E-state index is 12.5. The minimum absolute atomic E-state index is 0.163. The molecule has 0 unspecified atom stereocenters. The first kappa shape index (κ1) is 29.2. The van der Waals surface area contributed by atoms with Crippen LogP contribution in [0.15, 0.2) is 96.7 Å². The van der Waals surface area contributed by atoms with Gasteiger partial charge in [0.25, 0.3) is 0 Å². The molecule has 1 amide bonds. The van der Waals surface area contributed by atoms with E-state index in [0.29, 0.717) is 25.1 Å². The number of hydrazine groups is 1. The van der Waals surface area contributed by atoms with Crippen LogP contribution in [0.1, 0.15) is 65.6 Å². The number of carbonyl (C=O) groups is 2. The van der Waals surface area contributed by atoms with Gasteiger partial charge in [-0.3, -0.25) is 4.68 Å². The lowest BCUT2D eigenvalue weighted by Crippen LogP contribution is -2.52. The molecular formula is C35H37N5O4. The van der Waals surface area contributed by atoms with Crippen molar-refractivity contribution in [2.75, 3.05) is 13.1 Å². The van der Waals surface area contributed by atoms with E-state index in [2.05, 4.69) is 88.5 Å². The van der Waals surface area contributed by atoms with Gasteiger partial charge in [-0.15, -0.1) is 0 Å². The molecule has 44 heavy (non-hydrogen) atoms. The molecule has 3 N–H and O–H groups in total. The SMILES string of the molecule is CC(C)(C)OC(=O)NCCn1nc2c(c1C(=O)O)CCC1=C2CN(C(c2ccccc2)(c2ccccc2)c2ccccc2)N1. The van der Waals surface area contributed by atoms with Crippen molar-refractivity contribution in [2.24, 2.45) is 0 Å². The molecule has 0 bridgehead atoms. The Morgan fingerprint density at radius 1 is 0.886 bits per heavy atom. The Bertz CT molecular complexity index is 1590. The van der Waals surface area contributed by atoms with Crippen molar-refractivity contribution in [1.29, 1.82) is 0 Å². The standard InChI is InChI=1S/C35H37N5O4/c1-34(2,3)44-33(43)36-21-22-39-31(32(41)42)27-19-20-29-28(30(27)38-39)23-40(37-29)35(24-13-7-4-8-14-24,25-15-9-5-10-16-25)26-17-11-6-12-18-26/h4-18,37H,19-23H2,1-3H3,(H,36,43)(H,41,42). The number of hydrogen-bond donors (Lipinski definition) is 3. The highest BCUT2D eigenvalue weighted by Crippen LogP contribution is 2.46. The zero-order chi connectivity index (χ0) is 30.9. The molecule has 4 aromatic rings. The second-order valence-corrected chi connectivity index (χ2v) is 12.1. The second-order valence-electron chi connectivity index (χ2n) is 12.1. The molecule has 6 rings (SSSR count). The van der Waals surface area contributed by atoms with Gasteiger partial charge in [0, 0.05) is 29.9 Å². The summed E-state index contributed by atoms with van der Waals surface area (Å²) in [4.78, 5) is 24.7.